The quantitative estimate of drug-likeness (QED) is 0.358. The number of ether oxygens (including phenoxy) is 2. The van der Waals surface area contributed by atoms with Gasteiger partial charge >= 0.3 is 0 Å². The molecule has 4 rings (SSSR count). The highest BCUT2D eigenvalue weighted by molar-refractivity contribution is 6.51. The number of benzene rings is 2. The molecular formula is C26H24N2O5. The van der Waals surface area contributed by atoms with E-state index in [1.165, 1.54) is 19.1 Å². The van der Waals surface area contributed by atoms with E-state index in [0.29, 0.717) is 22.7 Å². The minimum atomic E-state index is -0.857. The number of Topliss-reactive ketones (excluding diaryl/α,β-unsaturated/α-hetero) is 1. The van der Waals surface area contributed by atoms with Crippen LogP contribution < -0.4 is 14.4 Å². The van der Waals surface area contributed by atoms with Crippen LogP contribution in [0.3, 0.4) is 0 Å². The van der Waals surface area contributed by atoms with Gasteiger partial charge in [0, 0.05) is 18.1 Å². The standard InChI is InChI=1S/C26H24N2O5/c1-15-8-9-18(14-16(15)2)28-23(17-10-12-27-13-11-17)22(25(30)26(28)31)24(29)21-19(32-3)6-5-7-20(21)33-4/h5-14,23,29H,1-4H3/b24-22+. The average Bonchev–Trinajstić information content (AvgIpc) is 3.10. The van der Waals surface area contributed by atoms with Crippen molar-refractivity contribution in [1.29, 1.82) is 0 Å². The number of nitrogens with zero attached hydrogens (tertiary/aromatic N) is 2. The Morgan fingerprint density at radius 3 is 2.15 bits per heavy atom. The Balaban J connectivity index is 2.01. The number of methoxy groups -OCH3 is 2. The van der Waals surface area contributed by atoms with E-state index < -0.39 is 17.7 Å². The van der Waals surface area contributed by atoms with Crippen molar-refractivity contribution < 1.29 is 24.2 Å². The second kappa shape index (κ2) is 8.78. The summed E-state index contributed by atoms with van der Waals surface area (Å²) in [6, 6.07) is 13.2. The van der Waals surface area contributed by atoms with E-state index in [-0.39, 0.29) is 16.9 Å². The monoisotopic (exact) mass is 444 g/mol. The van der Waals surface area contributed by atoms with Crippen LogP contribution >= 0.6 is 0 Å². The van der Waals surface area contributed by atoms with Gasteiger partial charge in [-0.05, 0) is 66.9 Å². The number of aryl methyl sites for hydroxylation is 2. The summed E-state index contributed by atoms with van der Waals surface area (Å²) in [6.07, 6.45) is 3.17. The van der Waals surface area contributed by atoms with Crippen molar-refractivity contribution in [2.24, 2.45) is 0 Å². The Kier molecular flexibility index (Phi) is 5.87. The maximum Gasteiger partial charge on any atom is 0.300 e. The molecule has 1 aromatic heterocycles. The molecule has 0 spiro atoms. The van der Waals surface area contributed by atoms with Crippen molar-refractivity contribution in [3.63, 3.8) is 0 Å². The van der Waals surface area contributed by atoms with E-state index in [2.05, 4.69) is 4.98 Å². The van der Waals surface area contributed by atoms with Gasteiger partial charge in [-0.2, -0.15) is 0 Å². The number of aliphatic hydroxyl groups is 1. The van der Waals surface area contributed by atoms with Gasteiger partial charge in [-0.25, -0.2) is 0 Å². The summed E-state index contributed by atoms with van der Waals surface area (Å²) in [5, 5.41) is 11.4. The first-order chi connectivity index (χ1) is 15.9. The van der Waals surface area contributed by atoms with E-state index in [1.807, 2.05) is 26.0 Å². The van der Waals surface area contributed by atoms with Gasteiger partial charge in [0.25, 0.3) is 11.7 Å². The molecule has 0 saturated carbocycles. The van der Waals surface area contributed by atoms with E-state index in [9.17, 15) is 14.7 Å². The minimum Gasteiger partial charge on any atom is -0.506 e. The molecule has 2 aromatic carbocycles. The first kappa shape index (κ1) is 22.1. The van der Waals surface area contributed by atoms with Crippen molar-refractivity contribution in [2.75, 3.05) is 19.1 Å². The number of aromatic nitrogens is 1. The van der Waals surface area contributed by atoms with Crippen molar-refractivity contribution in [3.05, 3.63) is 88.8 Å². The topological polar surface area (TPSA) is 89.0 Å². The van der Waals surface area contributed by atoms with Crippen molar-refractivity contribution in [3.8, 4) is 11.5 Å². The molecule has 1 fully saturated rings. The fourth-order valence-electron chi connectivity index (χ4n) is 4.05. The fraction of sp³-hybridized carbons (Fsp3) is 0.192. The van der Waals surface area contributed by atoms with E-state index in [0.717, 1.165) is 11.1 Å². The number of pyridine rings is 1. The largest absolute Gasteiger partial charge is 0.506 e. The molecule has 1 saturated heterocycles. The van der Waals surface area contributed by atoms with Crippen LogP contribution in [0.15, 0.2) is 66.5 Å². The lowest BCUT2D eigenvalue weighted by Gasteiger charge is -2.26. The van der Waals surface area contributed by atoms with Gasteiger partial charge in [0.05, 0.1) is 25.8 Å². The van der Waals surface area contributed by atoms with E-state index in [4.69, 9.17) is 9.47 Å². The van der Waals surface area contributed by atoms with Gasteiger partial charge < -0.3 is 14.6 Å². The summed E-state index contributed by atoms with van der Waals surface area (Å²) in [4.78, 5) is 32.1. The van der Waals surface area contributed by atoms with Crippen LogP contribution in [-0.2, 0) is 9.59 Å². The van der Waals surface area contributed by atoms with Crippen LogP contribution in [0.4, 0.5) is 5.69 Å². The molecule has 2 heterocycles. The summed E-state index contributed by atoms with van der Waals surface area (Å²) < 4.78 is 10.8. The van der Waals surface area contributed by atoms with Crippen molar-refractivity contribution >= 4 is 23.1 Å². The number of aliphatic hydroxyl groups excluding tert-OH is 1. The van der Waals surface area contributed by atoms with Crippen LogP contribution in [0.2, 0.25) is 0 Å². The number of anilines is 1. The Hall–Kier alpha value is -4.13. The highest BCUT2D eigenvalue weighted by Gasteiger charge is 2.47. The number of hydrogen-bond donors (Lipinski definition) is 1. The molecule has 168 valence electrons. The predicted octanol–water partition coefficient (Wildman–Crippen LogP) is 4.34. The average molecular weight is 444 g/mol. The SMILES string of the molecule is COc1cccc(OC)c1/C(O)=C1\C(=O)C(=O)N(c2ccc(C)c(C)c2)C1c1ccncc1. The van der Waals surface area contributed by atoms with Gasteiger partial charge in [0.1, 0.15) is 22.8 Å². The lowest BCUT2D eigenvalue weighted by atomic mass is 9.95. The molecule has 0 bridgehead atoms. The smallest absolute Gasteiger partial charge is 0.300 e. The number of amides is 1. The number of carbonyl (C=O) groups is 2. The third kappa shape index (κ3) is 3.71. The third-order valence-electron chi connectivity index (χ3n) is 5.90. The van der Waals surface area contributed by atoms with Crippen molar-refractivity contribution in [2.45, 2.75) is 19.9 Å². The van der Waals surface area contributed by atoms with Crippen LogP contribution in [0, 0.1) is 13.8 Å². The van der Waals surface area contributed by atoms with Crippen LogP contribution in [0.5, 0.6) is 11.5 Å². The maximum absolute atomic E-state index is 13.3. The molecule has 1 aliphatic rings. The van der Waals surface area contributed by atoms with Gasteiger partial charge in [-0.1, -0.05) is 12.1 Å². The highest BCUT2D eigenvalue weighted by atomic mass is 16.5. The van der Waals surface area contributed by atoms with Crippen LogP contribution in [0.1, 0.15) is 28.3 Å². The Bertz CT molecular complexity index is 1240. The molecule has 0 radical (unpaired) electrons. The third-order valence-corrected chi connectivity index (χ3v) is 5.90. The van der Waals surface area contributed by atoms with Gasteiger partial charge in [-0.15, -0.1) is 0 Å². The molecule has 3 aromatic rings. The number of rotatable bonds is 5. The maximum atomic E-state index is 13.3. The fourth-order valence-corrected chi connectivity index (χ4v) is 4.05. The zero-order valence-corrected chi connectivity index (χ0v) is 18.8. The highest BCUT2D eigenvalue weighted by Crippen LogP contribution is 2.45. The van der Waals surface area contributed by atoms with Gasteiger partial charge in [-0.3, -0.25) is 19.5 Å². The lowest BCUT2D eigenvalue weighted by molar-refractivity contribution is -0.132. The molecular weight excluding hydrogens is 420 g/mol. The number of carbonyl (C=O) groups excluding carboxylic acids is 2. The second-order valence-electron chi connectivity index (χ2n) is 7.76. The van der Waals surface area contributed by atoms with Crippen molar-refractivity contribution in [1.82, 2.24) is 4.98 Å². The number of hydrogen-bond acceptors (Lipinski definition) is 6. The molecule has 1 amide bonds. The Labute approximate surface area is 191 Å². The molecule has 33 heavy (non-hydrogen) atoms. The number of ketones is 1. The zero-order chi connectivity index (χ0) is 23.7. The Morgan fingerprint density at radius 2 is 1.58 bits per heavy atom. The summed E-state index contributed by atoms with van der Waals surface area (Å²) in [7, 11) is 2.92. The molecule has 1 N–H and O–H groups in total. The predicted molar refractivity (Wildman–Crippen MR) is 124 cm³/mol. The second-order valence-corrected chi connectivity index (χ2v) is 7.76. The summed E-state index contributed by atoms with van der Waals surface area (Å²) in [6.45, 7) is 3.91. The summed E-state index contributed by atoms with van der Waals surface area (Å²) >= 11 is 0. The molecule has 0 aliphatic carbocycles. The van der Waals surface area contributed by atoms with Crippen LogP contribution in [-0.4, -0.2) is 36.0 Å². The molecule has 1 aliphatic heterocycles. The molecule has 7 heteroatoms. The van der Waals surface area contributed by atoms with Gasteiger partial charge in [0.2, 0.25) is 0 Å². The molecule has 1 atom stereocenters. The van der Waals surface area contributed by atoms with Gasteiger partial charge in [0.15, 0.2) is 0 Å². The zero-order valence-electron chi connectivity index (χ0n) is 18.8. The molecule has 1 unspecified atom stereocenters. The Morgan fingerprint density at radius 1 is 0.939 bits per heavy atom. The molecule has 7 nitrogen and oxygen atoms in total. The summed E-state index contributed by atoms with van der Waals surface area (Å²) in [5.74, 6) is -1.25. The first-order valence-corrected chi connectivity index (χ1v) is 10.4. The summed E-state index contributed by atoms with van der Waals surface area (Å²) in [5.41, 5.74) is 3.40. The first-order valence-electron chi connectivity index (χ1n) is 10.4. The minimum absolute atomic E-state index is 0.0489. The van der Waals surface area contributed by atoms with Crippen LogP contribution in [0.25, 0.3) is 5.76 Å². The normalized spacial score (nSPS) is 17.3. The van der Waals surface area contributed by atoms with E-state index in [1.54, 1.807) is 48.8 Å². The van der Waals surface area contributed by atoms with E-state index >= 15 is 0 Å². The lowest BCUT2D eigenvalue weighted by Crippen LogP contribution is -2.29.